The van der Waals surface area contributed by atoms with Gasteiger partial charge in [-0.2, -0.15) is 0 Å². The van der Waals surface area contributed by atoms with E-state index in [9.17, 15) is 5.11 Å². The molecule has 466 valence electrons. The highest BCUT2D eigenvalue weighted by atomic mass is 32.3. The Labute approximate surface area is 477 Å². The summed E-state index contributed by atoms with van der Waals surface area (Å²) in [5, 5.41) is 1.77. The van der Waals surface area contributed by atoms with E-state index in [2.05, 4.69) is 34.6 Å². The number of hydrogen-bond acceptors (Lipinski definition) is 13. The Balaban J connectivity index is 0. The molecule has 0 radical (unpaired) electrons. The van der Waals surface area contributed by atoms with E-state index in [1.54, 1.807) is 0 Å². The van der Waals surface area contributed by atoms with Gasteiger partial charge in [0.15, 0.2) is 49.2 Å². The van der Waals surface area contributed by atoms with Gasteiger partial charge in [-0.1, -0.05) is 227 Å². The van der Waals surface area contributed by atoms with Gasteiger partial charge in [-0.3, -0.25) is 0 Å². The van der Waals surface area contributed by atoms with Gasteiger partial charge < -0.3 is 19.8 Å². The van der Waals surface area contributed by atoms with Crippen molar-refractivity contribution in [2.45, 2.75) is 333 Å². The van der Waals surface area contributed by atoms with Crippen molar-refractivity contribution in [3.05, 3.63) is 0 Å². The first kappa shape index (κ1) is 79.2. The van der Waals surface area contributed by atoms with Crippen LogP contribution in [0.3, 0.4) is 0 Å². The largest absolute Gasteiger partial charge is 0.466 e. The Morgan fingerprint density at radius 2 is 0.519 bits per heavy atom. The molecule has 0 aromatic carbocycles. The number of unbranched alkanes of at least 4 members (excludes halogenated alkanes) is 25. The lowest BCUT2D eigenvalue weighted by Gasteiger charge is -2.50. The van der Waals surface area contributed by atoms with E-state index in [0.717, 1.165) is 128 Å². The lowest BCUT2D eigenvalue weighted by Crippen LogP contribution is -2.76. The molecule has 77 heavy (non-hydrogen) atoms. The molecule has 15 nitrogen and oxygen atoms in total. The average Bonchev–Trinajstić information content (AvgIpc) is 3.35. The van der Waals surface area contributed by atoms with E-state index in [1.807, 2.05) is 0 Å². The number of thioether (sulfide) groups is 1. The van der Waals surface area contributed by atoms with Crippen molar-refractivity contribution in [2.75, 3.05) is 12.4 Å². The summed E-state index contributed by atoms with van der Waals surface area (Å²) in [6.07, 6.45) is 21.5. The lowest BCUT2D eigenvalue weighted by molar-refractivity contribution is 0.275. The first-order valence-corrected chi connectivity index (χ1v) is 40.5. The summed E-state index contributed by atoms with van der Waals surface area (Å²) in [5.41, 5.74) is 0. The number of aliphatic hydroxyl groups excluding tert-OH is 1. The lowest BCUT2D eigenvalue weighted by atomic mass is 10.1. The van der Waals surface area contributed by atoms with Crippen molar-refractivity contribution in [3.63, 3.8) is 0 Å². The van der Waals surface area contributed by atoms with E-state index in [-0.39, 0.29) is 69.5 Å². The highest BCUT2D eigenvalue weighted by Crippen LogP contribution is 2.61. The van der Waals surface area contributed by atoms with Gasteiger partial charge in [0.1, 0.15) is 0 Å². The summed E-state index contributed by atoms with van der Waals surface area (Å²) < 4.78 is 167. The van der Waals surface area contributed by atoms with Crippen LogP contribution in [0, 0.1) is 0 Å². The maximum absolute atomic E-state index is 16.7. The standard InChI is InChI=1S/C55H112O11S6.H3O4P/c1-11-16-21-26-31-36-42-49(6)68(57,58)54(67-48-41-47-56,69(59,60)50(7)43-37-32-27-22-17-12-2)55(70(61,62)51(8)44-38-33-28-23-18-13-3,71(63,64)52(9)45-39-34-29-24-19-14-4)72(65,66)53(10)46-40-35-30-25-20-15-5;1-5(2,3)4/h49-53,56H,11-48H2,1-10H3;(H3,1,2,3,4). The molecule has 22 heteroatoms. The van der Waals surface area contributed by atoms with Gasteiger partial charge >= 0.3 is 11.2 Å². The molecule has 5 unspecified atom stereocenters. The molecule has 0 bridgehead atoms. The van der Waals surface area contributed by atoms with Crippen LogP contribution in [0.1, 0.15) is 300 Å². The third kappa shape index (κ3) is 24.7. The van der Waals surface area contributed by atoms with Crippen LogP contribution in [0.25, 0.3) is 0 Å². The highest BCUT2D eigenvalue weighted by molar-refractivity contribution is 8.36. The Hall–Kier alpha value is 0.170. The van der Waals surface area contributed by atoms with Crippen molar-refractivity contribution >= 4 is 68.8 Å². The number of aliphatic hydroxyl groups is 1. The van der Waals surface area contributed by atoms with Gasteiger partial charge in [0.05, 0.1) is 26.2 Å². The Morgan fingerprint density at radius 1 is 0.338 bits per heavy atom. The highest BCUT2D eigenvalue weighted by Gasteiger charge is 2.87. The van der Waals surface area contributed by atoms with Crippen LogP contribution in [-0.2, 0) is 53.8 Å². The molecular formula is C55H115O15PS6. The third-order valence-corrected chi connectivity index (χ3v) is 37.1. The van der Waals surface area contributed by atoms with Gasteiger partial charge in [0, 0.05) is 6.61 Å². The topological polar surface area (TPSA) is 269 Å². The molecular weight excluding hydrogens is 1120 g/mol. The summed E-state index contributed by atoms with van der Waals surface area (Å²) in [4.78, 5) is 21.6. The Bertz CT molecular complexity index is 1940. The first-order chi connectivity index (χ1) is 36.0. The molecule has 0 aliphatic heterocycles. The fraction of sp³-hybridized carbons (Fsp3) is 1.00. The monoisotopic (exact) mass is 1240 g/mol. The van der Waals surface area contributed by atoms with Crippen LogP contribution in [0.5, 0.6) is 0 Å². The quantitative estimate of drug-likeness (QED) is 0.0326. The molecule has 0 amide bonds. The molecule has 0 fully saturated rings. The van der Waals surface area contributed by atoms with Crippen LogP contribution in [0.15, 0.2) is 0 Å². The normalized spacial score (nSPS) is 16.6. The van der Waals surface area contributed by atoms with Crippen LogP contribution in [0.2, 0.25) is 0 Å². The van der Waals surface area contributed by atoms with Crippen molar-refractivity contribution in [3.8, 4) is 0 Å². The van der Waals surface area contributed by atoms with E-state index in [1.165, 1.54) is 34.6 Å². The SMILES string of the molecule is CCCCCCCCC(C)S(=O)(=O)C(SCCCO)(C(S(=O)(=O)C(C)CCCCCCCC)(S(=O)(=O)C(C)CCCCCCCC)S(=O)(=O)C(C)CCCCCCCC)S(=O)(=O)C(C)CCCCCCCC.O=P(O)(O)O. The molecule has 0 spiro atoms. The van der Waals surface area contributed by atoms with Crippen molar-refractivity contribution in [1.82, 2.24) is 0 Å². The minimum Gasteiger partial charge on any atom is -0.396 e. The second-order valence-electron chi connectivity index (χ2n) is 22.1. The second-order valence-corrected chi connectivity index (χ2v) is 38.5. The molecule has 0 saturated carbocycles. The van der Waals surface area contributed by atoms with E-state index < -0.39 is 102 Å². The molecule has 0 saturated heterocycles. The number of rotatable bonds is 50. The van der Waals surface area contributed by atoms with Crippen LogP contribution < -0.4 is 0 Å². The maximum Gasteiger partial charge on any atom is 0.466 e. The minimum atomic E-state index is -5.87. The fourth-order valence-corrected chi connectivity index (χ4v) is 35.4. The molecule has 0 heterocycles. The zero-order valence-corrected chi connectivity index (χ0v) is 55.7. The summed E-state index contributed by atoms with van der Waals surface area (Å²) in [7, 11) is -33.5. The fourth-order valence-electron chi connectivity index (χ4n) is 10.2. The maximum atomic E-state index is 16.7. The summed E-state index contributed by atoms with van der Waals surface area (Å²) in [5.74, 6) is -0.520. The minimum absolute atomic E-state index is 0.123. The zero-order valence-electron chi connectivity index (χ0n) is 49.9. The number of phosphoric acid groups is 1. The Kier molecular flexibility index (Phi) is 42.4. The van der Waals surface area contributed by atoms with Crippen LogP contribution >= 0.6 is 19.6 Å². The smallest absolute Gasteiger partial charge is 0.396 e. The van der Waals surface area contributed by atoms with Crippen LogP contribution in [-0.4, -0.2) is 107 Å². The zero-order chi connectivity index (χ0) is 59.5. The van der Waals surface area contributed by atoms with Crippen LogP contribution in [0.4, 0.5) is 0 Å². The Morgan fingerprint density at radius 3 is 0.714 bits per heavy atom. The summed E-state index contributed by atoms with van der Waals surface area (Å²) >= 11 is 0.143. The summed E-state index contributed by atoms with van der Waals surface area (Å²) in [6.45, 7) is 16.2. The predicted molar refractivity (Wildman–Crippen MR) is 326 cm³/mol. The number of hydrogen-bond donors (Lipinski definition) is 4. The van der Waals surface area contributed by atoms with Crippen molar-refractivity contribution in [2.24, 2.45) is 0 Å². The summed E-state index contributed by atoms with van der Waals surface area (Å²) in [6, 6.07) is 0. The van der Waals surface area contributed by atoms with Crippen molar-refractivity contribution < 1.29 is 66.4 Å². The van der Waals surface area contributed by atoms with Crippen molar-refractivity contribution in [1.29, 1.82) is 0 Å². The molecule has 0 aliphatic rings. The second kappa shape index (κ2) is 41.2. The van der Waals surface area contributed by atoms with E-state index >= 15 is 42.1 Å². The molecule has 0 aromatic heterocycles. The molecule has 4 N–H and O–H groups in total. The van der Waals surface area contributed by atoms with Gasteiger partial charge in [-0.15, -0.1) is 11.8 Å². The molecule has 0 aromatic rings. The van der Waals surface area contributed by atoms with Gasteiger partial charge in [0.25, 0.3) is 3.41 Å². The van der Waals surface area contributed by atoms with Gasteiger partial charge in [-0.05, 0) is 78.9 Å². The van der Waals surface area contributed by atoms with Gasteiger partial charge in [0.2, 0.25) is 0 Å². The molecule has 0 aliphatic carbocycles. The van der Waals surface area contributed by atoms with Gasteiger partial charge in [-0.25, -0.2) is 46.7 Å². The average molecular weight is 1240 g/mol. The molecule has 5 atom stereocenters. The number of sulfone groups is 5. The first-order valence-electron chi connectivity index (χ1n) is 30.2. The van der Waals surface area contributed by atoms with E-state index in [0.29, 0.717) is 44.9 Å². The molecule has 0 rings (SSSR count). The predicted octanol–water partition coefficient (Wildman–Crippen LogP) is 14.3. The third-order valence-electron chi connectivity index (χ3n) is 15.3. The van der Waals surface area contributed by atoms with E-state index in [4.69, 9.17) is 19.2 Å².